The van der Waals surface area contributed by atoms with Crippen molar-refractivity contribution in [1.82, 2.24) is 0 Å². The van der Waals surface area contributed by atoms with Crippen LogP contribution in [0.3, 0.4) is 0 Å². The van der Waals surface area contributed by atoms with Crippen molar-refractivity contribution in [2.75, 3.05) is 23.0 Å². The van der Waals surface area contributed by atoms with Gasteiger partial charge < -0.3 is 0 Å². The summed E-state index contributed by atoms with van der Waals surface area (Å²) in [6.07, 6.45) is 2.51. The number of thiazole rings is 1. The molecule has 0 spiro atoms. The molecule has 0 saturated carbocycles. The van der Waals surface area contributed by atoms with E-state index in [9.17, 15) is 25.9 Å². The van der Waals surface area contributed by atoms with Crippen LogP contribution in [0.15, 0.2) is 51.3 Å². The van der Waals surface area contributed by atoms with Crippen molar-refractivity contribution in [3.8, 4) is 0 Å². The van der Waals surface area contributed by atoms with Crippen LogP contribution in [0.4, 0.5) is 5.69 Å². The normalized spacial score (nSPS) is 15.3. The number of fused-ring (bicyclic) bond motifs is 4. The van der Waals surface area contributed by atoms with E-state index in [-0.39, 0.29) is 38.9 Å². The number of rotatable bonds is 9. The number of hydrogen-bond donors (Lipinski definition) is 2. The van der Waals surface area contributed by atoms with Crippen molar-refractivity contribution in [2.45, 2.75) is 24.3 Å². The first-order chi connectivity index (χ1) is 17.5. The van der Waals surface area contributed by atoms with Crippen LogP contribution in [0.1, 0.15) is 17.8 Å². The maximum atomic E-state index is 11.4. The van der Waals surface area contributed by atoms with Crippen LogP contribution in [0.5, 0.6) is 0 Å². The summed E-state index contributed by atoms with van der Waals surface area (Å²) in [5, 5.41) is 3.49. The number of aromatic nitrogens is 1. The average Bonchev–Trinajstić information content (AvgIpc) is 3.48. The van der Waals surface area contributed by atoms with Gasteiger partial charge >= 0.3 is 222 Å². The van der Waals surface area contributed by atoms with Gasteiger partial charge in [0, 0.05) is 0 Å². The van der Waals surface area contributed by atoms with E-state index in [2.05, 4.69) is 27.7 Å². The van der Waals surface area contributed by atoms with Gasteiger partial charge in [-0.3, -0.25) is 4.55 Å². The Hall–Kier alpha value is -1.41. The minimum absolute atomic E-state index is 0.226. The zero-order chi connectivity index (χ0) is 26.4. The van der Waals surface area contributed by atoms with Crippen LogP contribution in [0.25, 0.3) is 25.9 Å². The molecule has 0 atom stereocenters. The fraction of sp³-hybridized carbons (Fsp3) is 0.261. The number of thioether (sulfide) groups is 1. The third kappa shape index (κ3) is 6.26. The summed E-state index contributed by atoms with van der Waals surface area (Å²) in [4.78, 5) is 5.14. The fourth-order valence-corrected chi connectivity index (χ4v) is 9.44. The van der Waals surface area contributed by atoms with E-state index in [1.807, 2.05) is 23.1 Å². The van der Waals surface area contributed by atoms with Crippen LogP contribution in [-0.4, -0.2) is 58.5 Å². The average molecular weight is 665 g/mol. The molecule has 196 valence electrons. The van der Waals surface area contributed by atoms with Crippen molar-refractivity contribution in [3.05, 3.63) is 56.4 Å². The molecule has 1 aliphatic rings. The van der Waals surface area contributed by atoms with Gasteiger partial charge in [-0.15, -0.1) is 0 Å². The van der Waals surface area contributed by atoms with Gasteiger partial charge in [0.05, 0.1) is 0 Å². The monoisotopic (exact) mass is 665 g/mol. The van der Waals surface area contributed by atoms with E-state index in [4.69, 9.17) is 11.6 Å². The molecular weight excluding hydrogens is 643 g/mol. The van der Waals surface area contributed by atoms with E-state index in [0.29, 0.717) is 18.1 Å². The van der Waals surface area contributed by atoms with Gasteiger partial charge in [0.2, 0.25) is 0 Å². The first-order valence-electron chi connectivity index (χ1n) is 11.2. The third-order valence-electron chi connectivity index (χ3n) is 5.83. The molecule has 0 bridgehead atoms. The molecule has 0 fully saturated rings. The Labute approximate surface area is 233 Å². The van der Waals surface area contributed by atoms with E-state index in [1.165, 1.54) is 4.26 Å². The molecule has 0 amide bonds. The van der Waals surface area contributed by atoms with Crippen LogP contribution < -0.4 is 9.47 Å². The maximum absolute atomic E-state index is 11.4. The molecule has 0 radical (unpaired) electrons. The van der Waals surface area contributed by atoms with Crippen molar-refractivity contribution in [1.29, 1.82) is 0 Å². The molecule has 3 heterocycles. The SMILES string of the molecule is O=S(=O)(O)CCCN1/C(=C/c2sc3ccc4[se]ccc4c3[n+]2CCCS(=O)(=O)O)Sc2ccc(Cl)cc21. The molecule has 4 aromatic rings. The Kier molecular flexibility index (Phi) is 7.81. The number of halogens is 1. The Bertz CT molecular complexity index is 1750. The van der Waals surface area contributed by atoms with Crippen molar-refractivity contribution in [2.24, 2.45) is 0 Å². The van der Waals surface area contributed by atoms with Gasteiger partial charge in [0.1, 0.15) is 0 Å². The molecule has 14 heteroatoms. The van der Waals surface area contributed by atoms with E-state index < -0.39 is 20.2 Å². The van der Waals surface area contributed by atoms with E-state index >= 15 is 0 Å². The van der Waals surface area contributed by atoms with E-state index in [1.54, 1.807) is 29.2 Å². The third-order valence-corrected chi connectivity index (χ3v) is 11.7. The molecular formula is C23H22ClN2O6S4Se+. The second kappa shape index (κ2) is 10.6. The van der Waals surface area contributed by atoms with Gasteiger partial charge in [-0.1, -0.05) is 0 Å². The van der Waals surface area contributed by atoms with Crippen LogP contribution in [0.2, 0.25) is 5.02 Å². The summed E-state index contributed by atoms with van der Waals surface area (Å²) in [5.41, 5.74) is 1.91. The fourth-order valence-electron chi connectivity index (χ4n) is 4.30. The summed E-state index contributed by atoms with van der Waals surface area (Å²) in [6, 6.07) is 11.9. The Morgan fingerprint density at radius 2 is 1.78 bits per heavy atom. The van der Waals surface area contributed by atoms with Gasteiger partial charge in [0.15, 0.2) is 0 Å². The minimum atomic E-state index is -4.09. The summed E-state index contributed by atoms with van der Waals surface area (Å²) in [5.74, 6) is -0.682. The number of anilines is 1. The molecule has 1 aliphatic heterocycles. The van der Waals surface area contributed by atoms with E-state index in [0.717, 1.165) is 36.2 Å². The van der Waals surface area contributed by atoms with Crippen molar-refractivity contribution in [3.63, 3.8) is 0 Å². The zero-order valence-electron chi connectivity index (χ0n) is 19.2. The Morgan fingerprint density at radius 1 is 1.03 bits per heavy atom. The zero-order valence-corrected chi connectivity index (χ0v) is 24.9. The molecule has 0 saturated heterocycles. The summed E-state index contributed by atoms with van der Waals surface area (Å²) in [6.45, 7) is 0.767. The van der Waals surface area contributed by atoms with Gasteiger partial charge in [-0.05, 0) is 0 Å². The van der Waals surface area contributed by atoms with Gasteiger partial charge in [-0.2, -0.15) is 8.42 Å². The Balaban J connectivity index is 1.58. The van der Waals surface area contributed by atoms with Crippen LogP contribution >= 0.6 is 34.7 Å². The summed E-state index contributed by atoms with van der Waals surface area (Å²) in [7, 11) is -8.17. The first-order valence-corrected chi connectivity index (χ1v) is 18.3. The molecule has 37 heavy (non-hydrogen) atoms. The summed E-state index contributed by atoms with van der Waals surface area (Å²) < 4.78 is 68.3. The van der Waals surface area contributed by atoms with Crippen LogP contribution in [0, 0.1) is 0 Å². The number of aryl methyl sites for hydroxylation is 1. The standard InChI is InChI=1S/C23H21ClN2O6S4Se/c24-15-3-4-18-17(13-15)25(8-1-10-35(27,28)29)21(33-18)14-22-26(9-2-11-36(30,31)32)23-16-7-12-37-20(16)6-5-19(23)34-22/h3-7,12-14H,1-2,8-11H2,(H-,27,28,29,30,31,32)/p+1. The number of hydrogen-bond acceptors (Lipinski definition) is 7. The molecule has 5 rings (SSSR count). The van der Waals surface area contributed by atoms with Gasteiger partial charge in [0.25, 0.3) is 0 Å². The second-order valence-electron chi connectivity index (χ2n) is 8.46. The molecule has 0 aliphatic carbocycles. The quantitative estimate of drug-likeness (QED) is 0.153. The predicted molar refractivity (Wildman–Crippen MR) is 151 cm³/mol. The summed E-state index contributed by atoms with van der Waals surface area (Å²) >= 11 is 9.65. The molecule has 2 aromatic heterocycles. The molecule has 2 N–H and O–H groups in total. The molecule has 0 unspecified atom stereocenters. The van der Waals surface area contributed by atoms with Crippen molar-refractivity contribution < 1.29 is 30.5 Å². The number of benzene rings is 2. The Morgan fingerprint density at radius 3 is 2.54 bits per heavy atom. The topological polar surface area (TPSA) is 116 Å². The second-order valence-corrected chi connectivity index (χ2v) is 16.2. The van der Waals surface area contributed by atoms with Crippen LogP contribution in [-0.2, 0) is 26.8 Å². The molecule has 8 nitrogen and oxygen atoms in total. The first kappa shape index (κ1) is 27.2. The van der Waals surface area contributed by atoms with Crippen molar-refractivity contribution >= 4 is 101 Å². The predicted octanol–water partition coefficient (Wildman–Crippen LogP) is 4.52. The molecule has 2 aromatic carbocycles. The van der Waals surface area contributed by atoms with Gasteiger partial charge in [-0.25, -0.2) is 0 Å². The number of nitrogens with zero attached hydrogens (tertiary/aromatic N) is 2.